The Kier molecular flexibility index (Phi) is 5.92. The maximum atomic E-state index is 9.99. The third-order valence-electron chi connectivity index (χ3n) is 2.33. The Morgan fingerprint density at radius 3 is 2.82 bits per heavy atom. The largest absolute Gasteiger partial charge is 0.388 e. The highest BCUT2D eigenvalue weighted by atomic mass is 32.2. The van der Waals surface area contributed by atoms with Crippen molar-refractivity contribution in [3.63, 3.8) is 0 Å². The molecule has 0 aromatic carbocycles. The van der Waals surface area contributed by atoms with Crippen molar-refractivity contribution in [1.82, 2.24) is 10.3 Å². The zero-order chi connectivity index (χ0) is 12.9. The number of rotatable bonds is 7. The minimum absolute atomic E-state index is 0.494. The molecule has 0 spiro atoms. The number of aromatic nitrogens is 1. The molecule has 3 nitrogen and oxygen atoms in total. The van der Waals surface area contributed by atoms with Crippen molar-refractivity contribution in [3.8, 4) is 0 Å². The van der Waals surface area contributed by atoms with Crippen molar-refractivity contribution < 1.29 is 5.11 Å². The van der Waals surface area contributed by atoms with Gasteiger partial charge in [0.2, 0.25) is 0 Å². The van der Waals surface area contributed by atoms with Crippen molar-refractivity contribution in [1.29, 1.82) is 0 Å². The molecule has 5 heteroatoms. The molecule has 1 rings (SSSR count). The Balaban J connectivity index is 2.35. The standard InChI is InChI=1S/C12H22N2OS2/c1-9(2)11-14-6-10(17-11)5-13-7-12(3,15)8-16-4/h6,9,13,15H,5,7-8H2,1-4H3. The van der Waals surface area contributed by atoms with Gasteiger partial charge in [0.1, 0.15) is 0 Å². The lowest BCUT2D eigenvalue weighted by atomic mass is 10.1. The zero-order valence-corrected chi connectivity index (χ0v) is 12.6. The molecular weight excluding hydrogens is 252 g/mol. The molecule has 98 valence electrons. The molecule has 1 aromatic heterocycles. The summed E-state index contributed by atoms with van der Waals surface area (Å²) in [5, 5.41) is 14.5. The summed E-state index contributed by atoms with van der Waals surface area (Å²) in [6.07, 6.45) is 3.93. The second-order valence-corrected chi connectivity index (χ2v) is 6.87. The summed E-state index contributed by atoms with van der Waals surface area (Å²) in [5.74, 6) is 1.24. The average molecular weight is 274 g/mol. The predicted octanol–water partition coefficient (Wildman–Crippen LogP) is 2.47. The highest BCUT2D eigenvalue weighted by Gasteiger charge is 2.18. The van der Waals surface area contributed by atoms with Gasteiger partial charge in [-0.25, -0.2) is 4.98 Å². The van der Waals surface area contributed by atoms with Gasteiger partial charge in [0.25, 0.3) is 0 Å². The number of thiazole rings is 1. The number of nitrogens with zero attached hydrogens (tertiary/aromatic N) is 1. The molecule has 1 aromatic rings. The van der Waals surface area contributed by atoms with Gasteiger partial charge in [-0.1, -0.05) is 13.8 Å². The fourth-order valence-electron chi connectivity index (χ4n) is 1.49. The summed E-state index contributed by atoms with van der Waals surface area (Å²) in [4.78, 5) is 5.61. The Morgan fingerprint density at radius 1 is 1.59 bits per heavy atom. The summed E-state index contributed by atoms with van der Waals surface area (Å²) >= 11 is 3.41. The van der Waals surface area contributed by atoms with Gasteiger partial charge in [-0.3, -0.25) is 0 Å². The first kappa shape index (κ1) is 15.0. The van der Waals surface area contributed by atoms with Crippen LogP contribution in [0.1, 0.15) is 36.6 Å². The van der Waals surface area contributed by atoms with Gasteiger partial charge in [0.05, 0.1) is 10.6 Å². The summed E-state index contributed by atoms with van der Waals surface area (Å²) in [6.45, 7) is 7.57. The Bertz CT molecular complexity index is 337. The molecule has 2 N–H and O–H groups in total. The first-order valence-electron chi connectivity index (χ1n) is 5.81. The lowest BCUT2D eigenvalue weighted by molar-refractivity contribution is 0.0846. The summed E-state index contributed by atoms with van der Waals surface area (Å²) in [6, 6.07) is 0. The molecular formula is C12H22N2OS2. The topological polar surface area (TPSA) is 45.1 Å². The smallest absolute Gasteiger partial charge is 0.0953 e. The first-order chi connectivity index (χ1) is 7.94. The van der Waals surface area contributed by atoms with E-state index in [-0.39, 0.29) is 0 Å². The number of hydrogen-bond donors (Lipinski definition) is 2. The maximum Gasteiger partial charge on any atom is 0.0953 e. The third kappa shape index (κ3) is 5.38. The fourth-order valence-corrected chi connectivity index (χ4v) is 3.10. The van der Waals surface area contributed by atoms with Gasteiger partial charge >= 0.3 is 0 Å². The van der Waals surface area contributed by atoms with E-state index in [0.717, 1.165) is 12.3 Å². The monoisotopic (exact) mass is 274 g/mol. The van der Waals surface area contributed by atoms with Crippen LogP contribution in [0.3, 0.4) is 0 Å². The van der Waals surface area contributed by atoms with Gasteiger partial charge in [0.15, 0.2) is 0 Å². The Hall–Kier alpha value is -0.100. The second-order valence-electron chi connectivity index (χ2n) is 4.85. The number of aliphatic hydroxyl groups is 1. The van der Waals surface area contributed by atoms with Crippen LogP contribution in [0.4, 0.5) is 0 Å². The molecule has 0 bridgehead atoms. The Morgan fingerprint density at radius 2 is 2.29 bits per heavy atom. The van der Waals surface area contributed by atoms with Gasteiger partial charge < -0.3 is 10.4 Å². The van der Waals surface area contributed by atoms with E-state index < -0.39 is 5.60 Å². The molecule has 1 unspecified atom stereocenters. The molecule has 1 heterocycles. The number of thioether (sulfide) groups is 1. The van der Waals surface area contributed by atoms with E-state index in [1.807, 2.05) is 19.4 Å². The Labute approximate surface area is 112 Å². The number of nitrogens with one attached hydrogen (secondary N) is 1. The molecule has 0 radical (unpaired) electrons. The quantitative estimate of drug-likeness (QED) is 0.802. The van der Waals surface area contributed by atoms with Crippen molar-refractivity contribution >= 4 is 23.1 Å². The van der Waals surface area contributed by atoms with Crippen LogP contribution in [0.25, 0.3) is 0 Å². The van der Waals surface area contributed by atoms with Crippen LogP contribution in [0.2, 0.25) is 0 Å². The minimum Gasteiger partial charge on any atom is -0.388 e. The third-order valence-corrected chi connectivity index (χ3v) is 4.53. The van der Waals surface area contributed by atoms with Crippen LogP contribution < -0.4 is 5.32 Å². The minimum atomic E-state index is -0.634. The zero-order valence-electron chi connectivity index (χ0n) is 11.0. The maximum absolute atomic E-state index is 9.99. The van der Waals surface area contributed by atoms with Crippen LogP contribution in [0.5, 0.6) is 0 Å². The molecule has 0 aliphatic rings. The van der Waals surface area contributed by atoms with Crippen molar-refractivity contribution in [2.75, 3.05) is 18.6 Å². The normalized spacial score (nSPS) is 15.2. The number of hydrogen-bond acceptors (Lipinski definition) is 5. The van der Waals surface area contributed by atoms with E-state index in [1.165, 1.54) is 9.88 Å². The molecule has 0 aliphatic carbocycles. The molecule has 0 aliphatic heterocycles. The van der Waals surface area contributed by atoms with Gasteiger partial charge in [0, 0.05) is 35.8 Å². The van der Waals surface area contributed by atoms with Gasteiger partial charge in [-0.05, 0) is 13.2 Å². The average Bonchev–Trinajstić information content (AvgIpc) is 2.66. The summed E-state index contributed by atoms with van der Waals surface area (Å²) < 4.78 is 0. The van der Waals surface area contributed by atoms with E-state index in [0.29, 0.717) is 12.5 Å². The van der Waals surface area contributed by atoms with Gasteiger partial charge in [-0.2, -0.15) is 11.8 Å². The molecule has 0 saturated carbocycles. The van der Waals surface area contributed by atoms with Crippen molar-refractivity contribution in [3.05, 3.63) is 16.1 Å². The van der Waals surface area contributed by atoms with E-state index in [4.69, 9.17) is 0 Å². The fraction of sp³-hybridized carbons (Fsp3) is 0.750. The van der Waals surface area contributed by atoms with Crippen LogP contribution in [0, 0.1) is 0 Å². The summed E-state index contributed by atoms with van der Waals surface area (Å²) in [7, 11) is 0. The lowest BCUT2D eigenvalue weighted by Crippen LogP contribution is -2.39. The first-order valence-corrected chi connectivity index (χ1v) is 8.02. The van der Waals surface area contributed by atoms with Crippen LogP contribution in [-0.4, -0.2) is 34.2 Å². The SMILES string of the molecule is CSCC(C)(O)CNCc1cnc(C(C)C)s1. The van der Waals surface area contributed by atoms with E-state index in [2.05, 4.69) is 24.1 Å². The highest BCUT2D eigenvalue weighted by Crippen LogP contribution is 2.20. The molecule has 0 saturated heterocycles. The van der Waals surface area contributed by atoms with Crippen molar-refractivity contribution in [2.24, 2.45) is 0 Å². The molecule has 0 amide bonds. The van der Waals surface area contributed by atoms with Crippen molar-refractivity contribution in [2.45, 2.75) is 38.8 Å². The molecule has 0 fully saturated rings. The van der Waals surface area contributed by atoms with Crippen LogP contribution in [-0.2, 0) is 6.54 Å². The highest BCUT2D eigenvalue weighted by molar-refractivity contribution is 7.98. The van der Waals surface area contributed by atoms with Crippen LogP contribution in [0.15, 0.2) is 6.20 Å². The van der Waals surface area contributed by atoms with Crippen LogP contribution >= 0.6 is 23.1 Å². The van der Waals surface area contributed by atoms with E-state index in [1.54, 1.807) is 23.1 Å². The summed E-state index contributed by atoms with van der Waals surface area (Å²) in [5.41, 5.74) is -0.634. The molecule has 17 heavy (non-hydrogen) atoms. The lowest BCUT2D eigenvalue weighted by Gasteiger charge is -2.22. The molecule has 1 atom stereocenters. The van der Waals surface area contributed by atoms with E-state index in [9.17, 15) is 5.11 Å². The van der Waals surface area contributed by atoms with E-state index >= 15 is 0 Å². The predicted molar refractivity (Wildman–Crippen MR) is 76.9 cm³/mol. The van der Waals surface area contributed by atoms with Gasteiger partial charge in [-0.15, -0.1) is 11.3 Å². The second kappa shape index (κ2) is 6.73.